The predicted molar refractivity (Wildman–Crippen MR) is 93.7 cm³/mol. The summed E-state index contributed by atoms with van der Waals surface area (Å²) >= 11 is 6.86. The molecule has 23 heavy (non-hydrogen) atoms. The first kappa shape index (κ1) is 19.6. The number of halogens is 2. The molecule has 0 bridgehead atoms. The van der Waals surface area contributed by atoms with Crippen LogP contribution in [0.15, 0.2) is 33.5 Å². The van der Waals surface area contributed by atoms with Crippen molar-refractivity contribution < 1.29 is 19.8 Å². The van der Waals surface area contributed by atoms with Gasteiger partial charge in [-0.15, -0.1) is 0 Å². The van der Waals surface area contributed by atoms with Crippen molar-refractivity contribution in [1.82, 2.24) is 10.3 Å². The zero-order valence-electron chi connectivity index (χ0n) is 12.2. The van der Waals surface area contributed by atoms with Gasteiger partial charge in [0.1, 0.15) is 4.60 Å². The highest BCUT2D eigenvalue weighted by molar-refractivity contribution is 9.13. The number of nitrogens with one attached hydrogen (secondary N) is 1. The Labute approximate surface area is 150 Å². The number of carboxylic acid groups (broad SMARTS) is 2. The molecule has 7 nitrogen and oxygen atoms in total. The van der Waals surface area contributed by atoms with Gasteiger partial charge in [0.25, 0.3) is 0 Å². The molecule has 0 aromatic carbocycles. The lowest BCUT2D eigenvalue weighted by Gasteiger charge is -2.22. The molecule has 2 heterocycles. The first-order chi connectivity index (χ1) is 10.9. The van der Waals surface area contributed by atoms with Gasteiger partial charge in [-0.25, -0.2) is 14.6 Å². The van der Waals surface area contributed by atoms with Crippen LogP contribution in [0.1, 0.15) is 6.42 Å². The number of hydrogen-bond acceptors (Lipinski definition) is 5. The molecule has 9 heteroatoms. The van der Waals surface area contributed by atoms with Crippen molar-refractivity contribution in [3.05, 3.63) is 33.5 Å². The standard InChI is InChI=1S/C10H13Br2N3.C4H4O4/c11-9-6-8(7-14-10(9)12)15-4-1-2-13-3-5-15;5-3(6)1-2-4(7)8/h6-7,13H,1-5H2;1-2H,(H,5,6)(H,7,8)/b;2-1+. The first-order valence-electron chi connectivity index (χ1n) is 6.81. The van der Waals surface area contributed by atoms with Crippen LogP contribution in [0.5, 0.6) is 0 Å². The molecule has 0 saturated carbocycles. The summed E-state index contributed by atoms with van der Waals surface area (Å²) in [5, 5.41) is 19.0. The van der Waals surface area contributed by atoms with Crippen molar-refractivity contribution >= 4 is 49.5 Å². The average molecular weight is 451 g/mol. The highest BCUT2D eigenvalue weighted by atomic mass is 79.9. The molecule has 1 aliphatic rings. The molecule has 0 radical (unpaired) electrons. The van der Waals surface area contributed by atoms with Gasteiger partial charge in [0.2, 0.25) is 0 Å². The van der Waals surface area contributed by atoms with E-state index in [0.717, 1.165) is 35.3 Å². The highest BCUT2D eigenvalue weighted by Crippen LogP contribution is 2.25. The Hall–Kier alpha value is -1.45. The third-order valence-electron chi connectivity index (χ3n) is 2.86. The minimum atomic E-state index is -1.26. The zero-order chi connectivity index (χ0) is 17.2. The predicted octanol–water partition coefficient (Wildman–Crippen LogP) is 2.12. The Morgan fingerprint density at radius 1 is 1.17 bits per heavy atom. The maximum absolute atomic E-state index is 9.55. The summed E-state index contributed by atoms with van der Waals surface area (Å²) in [5.41, 5.74) is 1.19. The molecule has 1 fully saturated rings. The van der Waals surface area contributed by atoms with Gasteiger partial charge in [-0.2, -0.15) is 0 Å². The quantitative estimate of drug-likeness (QED) is 0.478. The van der Waals surface area contributed by atoms with Gasteiger partial charge >= 0.3 is 11.9 Å². The number of aromatic nitrogens is 1. The van der Waals surface area contributed by atoms with Gasteiger partial charge < -0.3 is 20.4 Å². The van der Waals surface area contributed by atoms with E-state index in [1.807, 2.05) is 6.20 Å². The summed E-state index contributed by atoms with van der Waals surface area (Å²) in [6, 6.07) is 2.11. The minimum absolute atomic E-state index is 0.558. The van der Waals surface area contributed by atoms with Crippen molar-refractivity contribution in [1.29, 1.82) is 0 Å². The van der Waals surface area contributed by atoms with E-state index in [1.165, 1.54) is 12.1 Å². The van der Waals surface area contributed by atoms with E-state index in [2.05, 4.69) is 53.1 Å². The molecule has 2 rings (SSSR count). The molecule has 1 aromatic rings. The van der Waals surface area contributed by atoms with E-state index in [-0.39, 0.29) is 0 Å². The second-order valence-corrected chi connectivity index (χ2v) is 6.17. The molecular formula is C14H17Br2N3O4. The van der Waals surface area contributed by atoms with Crippen LogP contribution >= 0.6 is 31.9 Å². The topological polar surface area (TPSA) is 103 Å². The Bertz CT molecular complexity index is 557. The van der Waals surface area contributed by atoms with Gasteiger partial charge in [-0.1, -0.05) is 0 Å². The largest absolute Gasteiger partial charge is 0.478 e. The van der Waals surface area contributed by atoms with E-state index in [4.69, 9.17) is 10.2 Å². The van der Waals surface area contributed by atoms with Crippen LogP contribution in [0.2, 0.25) is 0 Å². The zero-order valence-corrected chi connectivity index (χ0v) is 15.4. The number of carbonyl (C=O) groups is 2. The SMILES string of the molecule is Brc1cc(N2CCCNCC2)cnc1Br.O=C(O)/C=C/C(=O)O. The van der Waals surface area contributed by atoms with Crippen LogP contribution in [-0.2, 0) is 9.59 Å². The molecular weight excluding hydrogens is 434 g/mol. The third kappa shape index (κ3) is 8.10. The van der Waals surface area contributed by atoms with Gasteiger partial charge in [0, 0.05) is 31.8 Å². The summed E-state index contributed by atoms with van der Waals surface area (Å²) in [6.07, 6.45) is 4.22. The number of pyridine rings is 1. The molecule has 1 saturated heterocycles. The van der Waals surface area contributed by atoms with Gasteiger partial charge in [0.05, 0.1) is 16.4 Å². The lowest BCUT2D eigenvalue weighted by molar-refractivity contribution is -0.134. The number of hydrogen-bond donors (Lipinski definition) is 3. The summed E-state index contributed by atoms with van der Waals surface area (Å²) < 4.78 is 1.87. The Balaban J connectivity index is 0.000000284. The Kier molecular flexibility index (Phi) is 8.82. The van der Waals surface area contributed by atoms with Crippen LogP contribution in [0, 0.1) is 0 Å². The second-order valence-electron chi connectivity index (χ2n) is 4.57. The fourth-order valence-electron chi connectivity index (χ4n) is 1.83. The number of aliphatic carboxylic acids is 2. The minimum Gasteiger partial charge on any atom is -0.478 e. The van der Waals surface area contributed by atoms with Crippen molar-refractivity contribution in [2.75, 3.05) is 31.1 Å². The average Bonchev–Trinajstić information content (AvgIpc) is 2.78. The van der Waals surface area contributed by atoms with Gasteiger partial charge in [0.15, 0.2) is 0 Å². The van der Waals surface area contributed by atoms with Crippen molar-refractivity contribution in [2.45, 2.75) is 6.42 Å². The molecule has 0 spiro atoms. The fraction of sp³-hybridized carbons (Fsp3) is 0.357. The fourth-order valence-corrected chi connectivity index (χ4v) is 2.38. The molecule has 1 aromatic heterocycles. The number of rotatable bonds is 3. The van der Waals surface area contributed by atoms with Crippen LogP contribution in [-0.4, -0.2) is 53.3 Å². The van der Waals surface area contributed by atoms with Crippen LogP contribution in [0.3, 0.4) is 0 Å². The molecule has 0 atom stereocenters. The van der Waals surface area contributed by atoms with E-state index < -0.39 is 11.9 Å². The lowest BCUT2D eigenvalue weighted by Crippen LogP contribution is -2.27. The van der Waals surface area contributed by atoms with E-state index in [1.54, 1.807) is 0 Å². The number of nitrogens with zero attached hydrogens (tertiary/aromatic N) is 2. The Morgan fingerprint density at radius 2 is 1.83 bits per heavy atom. The van der Waals surface area contributed by atoms with Crippen LogP contribution in [0.4, 0.5) is 5.69 Å². The second kappa shape index (κ2) is 10.3. The first-order valence-corrected chi connectivity index (χ1v) is 8.39. The summed E-state index contributed by atoms with van der Waals surface area (Å²) in [7, 11) is 0. The normalized spacial score (nSPS) is 14.8. The van der Waals surface area contributed by atoms with Gasteiger partial charge in [-0.3, -0.25) is 0 Å². The summed E-state index contributed by atoms with van der Waals surface area (Å²) in [5.74, 6) is -2.51. The molecule has 126 valence electrons. The number of carboxylic acids is 2. The van der Waals surface area contributed by atoms with Crippen molar-refractivity contribution in [3.8, 4) is 0 Å². The third-order valence-corrected chi connectivity index (χ3v) is 4.62. The van der Waals surface area contributed by atoms with Crippen molar-refractivity contribution in [3.63, 3.8) is 0 Å². The monoisotopic (exact) mass is 449 g/mol. The van der Waals surface area contributed by atoms with Gasteiger partial charge in [-0.05, 0) is 50.9 Å². The Morgan fingerprint density at radius 3 is 2.39 bits per heavy atom. The smallest absolute Gasteiger partial charge is 0.328 e. The van der Waals surface area contributed by atoms with E-state index in [0.29, 0.717) is 12.2 Å². The number of anilines is 1. The molecule has 1 aliphatic heterocycles. The van der Waals surface area contributed by atoms with E-state index >= 15 is 0 Å². The molecule has 3 N–H and O–H groups in total. The van der Waals surface area contributed by atoms with Crippen LogP contribution in [0.25, 0.3) is 0 Å². The maximum atomic E-state index is 9.55. The summed E-state index contributed by atoms with van der Waals surface area (Å²) in [6.45, 7) is 4.31. The summed E-state index contributed by atoms with van der Waals surface area (Å²) in [4.78, 5) is 25.8. The molecule has 0 aliphatic carbocycles. The van der Waals surface area contributed by atoms with Crippen molar-refractivity contribution in [2.24, 2.45) is 0 Å². The molecule has 0 unspecified atom stereocenters. The molecule has 0 amide bonds. The maximum Gasteiger partial charge on any atom is 0.328 e. The highest BCUT2D eigenvalue weighted by Gasteiger charge is 2.10. The van der Waals surface area contributed by atoms with E-state index in [9.17, 15) is 9.59 Å². The van der Waals surface area contributed by atoms with Crippen LogP contribution < -0.4 is 10.2 Å². The lowest BCUT2D eigenvalue weighted by atomic mass is 10.3.